The maximum atomic E-state index is 12.1. The number of aromatic nitrogens is 1. The fourth-order valence-electron chi connectivity index (χ4n) is 2.11. The summed E-state index contributed by atoms with van der Waals surface area (Å²) in [6.45, 7) is 4.62. The molecule has 0 aliphatic heterocycles. The number of benzene rings is 1. The van der Waals surface area contributed by atoms with Crippen LogP contribution >= 0.6 is 0 Å². The van der Waals surface area contributed by atoms with Crippen LogP contribution in [0.4, 0.5) is 5.69 Å². The highest BCUT2D eigenvalue weighted by Gasteiger charge is 2.09. The highest BCUT2D eigenvalue weighted by molar-refractivity contribution is 7.89. The first kappa shape index (κ1) is 18.6. The van der Waals surface area contributed by atoms with Crippen LogP contribution in [0.1, 0.15) is 16.1 Å². The van der Waals surface area contributed by atoms with E-state index in [1.807, 2.05) is 0 Å². The zero-order valence-electron chi connectivity index (χ0n) is 13.6. The highest BCUT2D eigenvalue weighted by Crippen LogP contribution is 2.10. The van der Waals surface area contributed by atoms with Gasteiger partial charge in [0.1, 0.15) is 5.69 Å². The first-order chi connectivity index (χ1) is 11.9. The number of nitrogens with two attached hydrogens (primary N) is 1. The molecule has 7 nitrogen and oxygen atoms in total. The number of pyridine rings is 1. The predicted molar refractivity (Wildman–Crippen MR) is 96.8 cm³/mol. The van der Waals surface area contributed by atoms with E-state index in [0.717, 1.165) is 11.3 Å². The van der Waals surface area contributed by atoms with Crippen molar-refractivity contribution in [2.75, 3.05) is 18.4 Å². The van der Waals surface area contributed by atoms with Crippen LogP contribution in [0.3, 0.4) is 0 Å². The molecule has 0 aliphatic carbocycles. The fourth-order valence-corrected chi connectivity index (χ4v) is 2.63. The van der Waals surface area contributed by atoms with E-state index < -0.39 is 10.0 Å². The minimum Gasteiger partial charge on any atom is -0.381 e. The molecule has 4 N–H and O–H groups in total. The third kappa shape index (κ3) is 5.70. The molecule has 1 aromatic carbocycles. The van der Waals surface area contributed by atoms with Crippen LogP contribution in [0.5, 0.6) is 0 Å². The number of primary sulfonamides is 1. The summed E-state index contributed by atoms with van der Waals surface area (Å²) in [5.74, 6) is -0.275. The van der Waals surface area contributed by atoms with Crippen molar-refractivity contribution >= 4 is 21.6 Å². The van der Waals surface area contributed by atoms with Crippen LogP contribution in [0.25, 0.3) is 0 Å². The average molecular weight is 360 g/mol. The number of anilines is 1. The number of hydrogen-bond acceptors (Lipinski definition) is 5. The lowest BCUT2D eigenvalue weighted by atomic mass is 10.1. The topological polar surface area (TPSA) is 114 Å². The third-order valence-corrected chi connectivity index (χ3v) is 4.32. The monoisotopic (exact) mass is 360 g/mol. The molecular weight excluding hydrogens is 340 g/mol. The molecule has 132 valence electrons. The van der Waals surface area contributed by atoms with Gasteiger partial charge < -0.3 is 10.6 Å². The molecule has 25 heavy (non-hydrogen) atoms. The largest absolute Gasteiger partial charge is 0.381 e. The number of carbonyl (C=O) groups excluding carboxylic acids is 1. The van der Waals surface area contributed by atoms with Crippen LogP contribution in [-0.2, 0) is 16.4 Å². The van der Waals surface area contributed by atoms with Crippen LogP contribution in [-0.4, -0.2) is 32.4 Å². The van der Waals surface area contributed by atoms with Gasteiger partial charge in [-0.3, -0.25) is 9.78 Å². The Labute approximate surface area is 147 Å². The number of nitrogens with zero attached hydrogens (tertiary/aromatic N) is 1. The molecule has 0 radical (unpaired) electrons. The van der Waals surface area contributed by atoms with Gasteiger partial charge >= 0.3 is 0 Å². The van der Waals surface area contributed by atoms with E-state index in [0.29, 0.717) is 25.2 Å². The number of rotatable bonds is 8. The van der Waals surface area contributed by atoms with Crippen molar-refractivity contribution in [2.45, 2.75) is 11.3 Å². The Kier molecular flexibility index (Phi) is 6.26. The first-order valence-electron chi connectivity index (χ1n) is 7.61. The Balaban J connectivity index is 1.89. The second-order valence-corrected chi connectivity index (χ2v) is 6.86. The molecular formula is C17H20N4O3S. The Bertz CT molecular complexity index is 848. The Morgan fingerprint density at radius 3 is 2.60 bits per heavy atom. The molecule has 0 atom stereocenters. The number of hydrogen-bond donors (Lipinski definition) is 3. The molecule has 1 heterocycles. The van der Waals surface area contributed by atoms with Crippen molar-refractivity contribution in [1.82, 2.24) is 10.3 Å². The normalized spacial score (nSPS) is 10.9. The van der Waals surface area contributed by atoms with Gasteiger partial charge in [-0.25, -0.2) is 13.6 Å². The standard InChI is InChI=1S/C17H20N4O3S/c1-2-9-19-14-8-11-20-16(12-14)17(22)21-10-7-13-3-5-15(6-4-13)25(18,23)24/h2-6,8,11-12H,1,7,9-10H2,(H,19,20)(H,21,22)(H2,18,23,24). The van der Waals surface area contributed by atoms with E-state index in [2.05, 4.69) is 22.2 Å². The van der Waals surface area contributed by atoms with Crippen molar-refractivity contribution in [3.8, 4) is 0 Å². The van der Waals surface area contributed by atoms with Gasteiger partial charge in [0.25, 0.3) is 5.91 Å². The second-order valence-electron chi connectivity index (χ2n) is 5.29. The lowest BCUT2D eigenvalue weighted by Crippen LogP contribution is -2.26. The van der Waals surface area contributed by atoms with Crippen LogP contribution < -0.4 is 15.8 Å². The molecule has 0 saturated heterocycles. The zero-order chi connectivity index (χ0) is 18.3. The summed E-state index contributed by atoms with van der Waals surface area (Å²) in [5, 5.41) is 10.9. The molecule has 2 rings (SSSR count). The number of sulfonamides is 1. The van der Waals surface area contributed by atoms with Gasteiger partial charge in [-0.1, -0.05) is 18.2 Å². The second kappa shape index (κ2) is 8.41. The summed E-state index contributed by atoms with van der Waals surface area (Å²) in [5.41, 5.74) is 2.00. The summed E-state index contributed by atoms with van der Waals surface area (Å²) < 4.78 is 22.4. The van der Waals surface area contributed by atoms with Crippen molar-refractivity contribution in [3.05, 3.63) is 66.5 Å². The fraction of sp³-hybridized carbons (Fsp3) is 0.176. The lowest BCUT2D eigenvalue weighted by molar-refractivity contribution is 0.0949. The molecule has 0 bridgehead atoms. The van der Waals surface area contributed by atoms with Gasteiger partial charge in [-0.2, -0.15) is 0 Å². The van der Waals surface area contributed by atoms with E-state index in [1.165, 1.54) is 12.1 Å². The minimum absolute atomic E-state index is 0.0633. The third-order valence-electron chi connectivity index (χ3n) is 3.39. The Morgan fingerprint density at radius 2 is 1.96 bits per heavy atom. The lowest BCUT2D eigenvalue weighted by Gasteiger charge is -2.07. The van der Waals surface area contributed by atoms with E-state index in [4.69, 9.17) is 5.14 Å². The molecule has 0 saturated carbocycles. The molecule has 8 heteroatoms. The number of nitrogens with one attached hydrogen (secondary N) is 2. The van der Waals surface area contributed by atoms with Gasteiger partial charge in [-0.05, 0) is 36.2 Å². The molecule has 2 aromatic rings. The summed E-state index contributed by atoms with van der Waals surface area (Å²) in [6.07, 6.45) is 3.85. The summed E-state index contributed by atoms with van der Waals surface area (Å²) in [4.78, 5) is 16.2. The highest BCUT2D eigenvalue weighted by atomic mass is 32.2. The molecule has 1 aromatic heterocycles. The molecule has 0 spiro atoms. The average Bonchev–Trinajstić information content (AvgIpc) is 2.60. The SMILES string of the molecule is C=CCNc1ccnc(C(=O)NCCc2ccc(S(N)(=O)=O)cc2)c1. The summed E-state index contributed by atoms with van der Waals surface area (Å²) in [6, 6.07) is 9.67. The van der Waals surface area contributed by atoms with Gasteiger partial charge in [0.15, 0.2) is 0 Å². The minimum atomic E-state index is -3.69. The maximum Gasteiger partial charge on any atom is 0.269 e. The summed E-state index contributed by atoms with van der Waals surface area (Å²) in [7, 11) is -3.69. The van der Waals surface area contributed by atoms with E-state index >= 15 is 0 Å². The molecule has 0 fully saturated rings. The van der Waals surface area contributed by atoms with E-state index in [9.17, 15) is 13.2 Å². The smallest absolute Gasteiger partial charge is 0.269 e. The predicted octanol–water partition coefficient (Wildman–Crippen LogP) is 1.30. The molecule has 1 amide bonds. The zero-order valence-corrected chi connectivity index (χ0v) is 14.4. The van der Waals surface area contributed by atoms with Crippen LogP contribution in [0, 0.1) is 0 Å². The van der Waals surface area contributed by atoms with Gasteiger partial charge in [-0.15, -0.1) is 6.58 Å². The Morgan fingerprint density at radius 1 is 1.24 bits per heavy atom. The van der Waals surface area contributed by atoms with Crippen molar-refractivity contribution in [2.24, 2.45) is 5.14 Å². The van der Waals surface area contributed by atoms with Crippen molar-refractivity contribution in [3.63, 3.8) is 0 Å². The van der Waals surface area contributed by atoms with Gasteiger partial charge in [0.05, 0.1) is 4.90 Å². The van der Waals surface area contributed by atoms with E-state index in [1.54, 1.807) is 36.5 Å². The van der Waals surface area contributed by atoms with Crippen LogP contribution in [0.15, 0.2) is 60.1 Å². The van der Waals surface area contributed by atoms with Crippen molar-refractivity contribution < 1.29 is 13.2 Å². The van der Waals surface area contributed by atoms with Gasteiger partial charge in [0.2, 0.25) is 10.0 Å². The number of amides is 1. The van der Waals surface area contributed by atoms with Crippen LogP contribution in [0.2, 0.25) is 0 Å². The first-order valence-corrected chi connectivity index (χ1v) is 9.15. The quantitative estimate of drug-likeness (QED) is 0.614. The van der Waals surface area contributed by atoms with Crippen molar-refractivity contribution in [1.29, 1.82) is 0 Å². The number of carbonyl (C=O) groups is 1. The maximum absolute atomic E-state index is 12.1. The van der Waals surface area contributed by atoms with Gasteiger partial charge in [0, 0.05) is 25.0 Å². The molecule has 0 unspecified atom stereocenters. The Hall–Kier alpha value is -2.71. The molecule has 0 aliphatic rings. The summed E-state index contributed by atoms with van der Waals surface area (Å²) >= 11 is 0. The van der Waals surface area contributed by atoms with E-state index in [-0.39, 0.29) is 10.8 Å².